The van der Waals surface area contributed by atoms with Gasteiger partial charge in [-0.2, -0.15) is 0 Å². The third-order valence-electron chi connectivity index (χ3n) is 5.97. The molecule has 0 aliphatic rings. The standard InChI is InChI=1S/C27H25ClFNO4/c1-15-11-17(7-10-21(15)29)23-20-12-18(28)13-22(31)24(20)30(25(23)27(2,3)14-34-4)19-8-5-16(6-9-19)26(32)33/h5-13,31H,14H2,1-4H3,(H,32,33). The first-order valence-corrected chi connectivity index (χ1v) is 11.1. The smallest absolute Gasteiger partial charge is 0.335 e. The summed E-state index contributed by atoms with van der Waals surface area (Å²) in [7, 11) is 1.62. The number of hydrogen-bond acceptors (Lipinski definition) is 3. The fourth-order valence-electron chi connectivity index (χ4n) is 4.54. The van der Waals surface area contributed by atoms with Gasteiger partial charge >= 0.3 is 5.97 Å². The SMILES string of the molecule is COCC(C)(C)c1c(-c2ccc(F)c(C)c2)c2cc(Cl)cc(O)c2n1-c1ccc(C(=O)O)cc1. The van der Waals surface area contributed by atoms with Crippen LogP contribution in [-0.2, 0) is 10.2 Å². The van der Waals surface area contributed by atoms with Gasteiger partial charge in [0.1, 0.15) is 11.6 Å². The van der Waals surface area contributed by atoms with E-state index >= 15 is 0 Å². The summed E-state index contributed by atoms with van der Waals surface area (Å²) < 4.78 is 21.6. The van der Waals surface area contributed by atoms with Crippen molar-refractivity contribution in [3.63, 3.8) is 0 Å². The van der Waals surface area contributed by atoms with Crippen molar-refractivity contribution in [1.82, 2.24) is 4.57 Å². The minimum absolute atomic E-state index is 0.0237. The number of carbonyl (C=O) groups is 1. The van der Waals surface area contributed by atoms with Gasteiger partial charge in [0.2, 0.25) is 0 Å². The highest BCUT2D eigenvalue weighted by Gasteiger charge is 2.33. The summed E-state index contributed by atoms with van der Waals surface area (Å²) in [6.07, 6.45) is 0. The number of phenols is 1. The molecule has 0 unspecified atom stereocenters. The highest BCUT2D eigenvalue weighted by Crippen LogP contribution is 2.46. The van der Waals surface area contributed by atoms with E-state index in [1.165, 1.54) is 24.3 Å². The number of aromatic nitrogens is 1. The molecule has 4 aromatic rings. The molecule has 0 saturated carbocycles. The van der Waals surface area contributed by atoms with Crippen LogP contribution in [0.15, 0.2) is 54.6 Å². The number of fused-ring (bicyclic) bond motifs is 1. The third kappa shape index (κ3) is 4.04. The van der Waals surface area contributed by atoms with Gasteiger partial charge < -0.3 is 19.5 Å². The van der Waals surface area contributed by atoms with Crippen molar-refractivity contribution in [3.8, 4) is 22.6 Å². The van der Waals surface area contributed by atoms with Gasteiger partial charge in [0.25, 0.3) is 0 Å². The van der Waals surface area contributed by atoms with E-state index in [0.717, 1.165) is 16.8 Å². The number of nitrogens with zero attached hydrogens (tertiary/aromatic N) is 1. The molecule has 0 aliphatic carbocycles. The predicted octanol–water partition coefficient (Wildman–Crippen LogP) is 6.73. The molecule has 0 fully saturated rings. The van der Waals surface area contributed by atoms with Crippen molar-refractivity contribution < 1.29 is 24.1 Å². The van der Waals surface area contributed by atoms with E-state index in [4.69, 9.17) is 16.3 Å². The lowest BCUT2D eigenvalue weighted by molar-refractivity contribution is 0.0697. The Bertz CT molecular complexity index is 1410. The Kier molecular flexibility index (Phi) is 6.14. The molecule has 0 amide bonds. The van der Waals surface area contributed by atoms with Gasteiger partial charge in [-0.3, -0.25) is 0 Å². The Morgan fingerprint density at radius 1 is 1.12 bits per heavy atom. The molecule has 7 heteroatoms. The Labute approximate surface area is 202 Å². The minimum Gasteiger partial charge on any atom is -0.506 e. The van der Waals surface area contributed by atoms with Crippen LogP contribution < -0.4 is 0 Å². The fraction of sp³-hybridized carbons (Fsp3) is 0.222. The van der Waals surface area contributed by atoms with Crippen LogP contribution in [0.25, 0.3) is 27.7 Å². The molecule has 0 saturated heterocycles. The number of methoxy groups -OCH3 is 1. The topological polar surface area (TPSA) is 71.7 Å². The number of hydrogen-bond donors (Lipinski definition) is 2. The third-order valence-corrected chi connectivity index (χ3v) is 6.19. The first-order chi connectivity index (χ1) is 16.0. The van der Waals surface area contributed by atoms with Crippen LogP contribution in [0.4, 0.5) is 4.39 Å². The molecule has 0 atom stereocenters. The average Bonchev–Trinajstić information content (AvgIpc) is 3.12. The fourth-order valence-corrected chi connectivity index (χ4v) is 4.75. The molecule has 0 aliphatic heterocycles. The molecule has 1 aromatic heterocycles. The van der Waals surface area contributed by atoms with Crippen molar-refractivity contribution in [3.05, 3.63) is 82.3 Å². The summed E-state index contributed by atoms with van der Waals surface area (Å²) in [6.45, 7) is 6.10. The monoisotopic (exact) mass is 481 g/mol. The second-order valence-electron chi connectivity index (χ2n) is 9.01. The van der Waals surface area contributed by atoms with E-state index in [1.54, 1.807) is 44.4 Å². The summed E-state index contributed by atoms with van der Waals surface area (Å²) in [6, 6.07) is 14.6. The first kappa shape index (κ1) is 23.8. The maximum absolute atomic E-state index is 14.2. The second-order valence-corrected chi connectivity index (χ2v) is 9.45. The Hall–Kier alpha value is -3.35. The quantitative estimate of drug-likeness (QED) is 0.320. The van der Waals surface area contributed by atoms with Gasteiger partial charge in [-0.15, -0.1) is 0 Å². The number of ether oxygens (including phenoxy) is 1. The zero-order valence-corrected chi connectivity index (χ0v) is 20.1. The van der Waals surface area contributed by atoms with E-state index in [1.807, 2.05) is 18.4 Å². The van der Waals surface area contributed by atoms with Crippen LogP contribution in [0.5, 0.6) is 5.75 Å². The number of benzene rings is 3. The van der Waals surface area contributed by atoms with Gasteiger partial charge in [-0.25, -0.2) is 9.18 Å². The number of aromatic hydroxyl groups is 1. The van der Waals surface area contributed by atoms with Crippen molar-refractivity contribution in [2.45, 2.75) is 26.2 Å². The molecule has 3 aromatic carbocycles. The number of aromatic carboxylic acids is 1. The predicted molar refractivity (Wildman–Crippen MR) is 132 cm³/mol. The molecule has 0 radical (unpaired) electrons. The molecular formula is C27H25ClFNO4. The zero-order chi connectivity index (χ0) is 24.8. The highest BCUT2D eigenvalue weighted by molar-refractivity contribution is 6.32. The number of rotatable bonds is 6. The lowest BCUT2D eigenvalue weighted by Gasteiger charge is -2.28. The van der Waals surface area contributed by atoms with E-state index < -0.39 is 11.4 Å². The van der Waals surface area contributed by atoms with Crippen LogP contribution in [0.2, 0.25) is 5.02 Å². The number of carboxylic acid groups (broad SMARTS) is 1. The molecule has 5 nitrogen and oxygen atoms in total. The van der Waals surface area contributed by atoms with E-state index in [0.29, 0.717) is 33.8 Å². The summed E-state index contributed by atoms with van der Waals surface area (Å²) in [5, 5.41) is 21.4. The Balaban J connectivity index is 2.19. The van der Waals surface area contributed by atoms with Crippen molar-refractivity contribution >= 4 is 28.5 Å². The van der Waals surface area contributed by atoms with Gasteiger partial charge in [0, 0.05) is 45.9 Å². The summed E-state index contributed by atoms with van der Waals surface area (Å²) in [4.78, 5) is 11.4. The zero-order valence-electron chi connectivity index (χ0n) is 19.3. The summed E-state index contributed by atoms with van der Waals surface area (Å²) in [5.41, 5.74) is 3.64. The molecule has 0 spiro atoms. The molecule has 34 heavy (non-hydrogen) atoms. The number of carboxylic acids is 1. The summed E-state index contributed by atoms with van der Waals surface area (Å²) >= 11 is 6.36. The van der Waals surface area contributed by atoms with Gasteiger partial charge in [0.15, 0.2) is 0 Å². The molecule has 2 N–H and O–H groups in total. The van der Waals surface area contributed by atoms with Gasteiger partial charge in [-0.05, 0) is 60.5 Å². The second kappa shape index (κ2) is 8.78. The van der Waals surface area contributed by atoms with Crippen molar-refractivity contribution in [1.29, 1.82) is 0 Å². The lowest BCUT2D eigenvalue weighted by atomic mass is 9.84. The summed E-state index contributed by atoms with van der Waals surface area (Å²) in [5.74, 6) is -1.36. The minimum atomic E-state index is -1.03. The van der Waals surface area contributed by atoms with Crippen LogP contribution >= 0.6 is 11.6 Å². The van der Waals surface area contributed by atoms with Gasteiger partial charge in [-0.1, -0.05) is 31.5 Å². The van der Waals surface area contributed by atoms with Crippen LogP contribution in [0.1, 0.15) is 35.5 Å². The van der Waals surface area contributed by atoms with E-state index in [2.05, 4.69) is 0 Å². The molecular weight excluding hydrogens is 457 g/mol. The Morgan fingerprint density at radius 2 is 1.79 bits per heavy atom. The van der Waals surface area contributed by atoms with E-state index in [-0.39, 0.29) is 17.1 Å². The van der Waals surface area contributed by atoms with E-state index in [9.17, 15) is 19.4 Å². The molecule has 4 rings (SSSR count). The largest absolute Gasteiger partial charge is 0.506 e. The normalized spacial score (nSPS) is 11.8. The first-order valence-electron chi connectivity index (χ1n) is 10.7. The van der Waals surface area contributed by atoms with Crippen molar-refractivity contribution in [2.24, 2.45) is 0 Å². The van der Waals surface area contributed by atoms with Crippen LogP contribution in [0.3, 0.4) is 0 Å². The maximum atomic E-state index is 14.2. The number of phenolic OH excluding ortho intramolecular Hbond substituents is 1. The molecule has 1 heterocycles. The maximum Gasteiger partial charge on any atom is 0.335 e. The highest BCUT2D eigenvalue weighted by atomic mass is 35.5. The Morgan fingerprint density at radius 3 is 2.38 bits per heavy atom. The molecule has 176 valence electrons. The average molecular weight is 482 g/mol. The number of halogens is 2. The number of aryl methyl sites for hydroxylation is 1. The lowest BCUT2D eigenvalue weighted by Crippen LogP contribution is -2.27. The molecule has 0 bridgehead atoms. The van der Waals surface area contributed by atoms with Crippen LogP contribution in [0, 0.1) is 12.7 Å². The van der Waals surface area contributed by atoms with Crippen LogP contribution in [-0.4, -0.2) is 34.5 Å². The van der Waals surface area contributed by atoms with Crippen molar-refractivity contribution in [2.75, 3.05) is 13.7 Å². The van der Waals surface area contributed by atoms with Gasteiger partial charge in [0.05, 0.1) is 17.7 Å².